The van der Waals surface area contributed by atoms with Gasteiger partial charge in [-0.2, -0.15) is 5.26 Å². The Morgan fingerprint density at radius 2 is 2.24 bits per heavy atom. The van der Waals surface area contributed by atoms with Gasteiger partial charge >= 0.3 is 0 Å². The lowest BCUT2D eigenvalue weighted by Crippen LogP contribution is -2.49. The zero-order chi connectivity index (χ0) is 17.9. The molecule has 1 unspecified atom stereocenters. The number of nitrogens with zero attached hydrogens (tertiary/aromatic N) is 5. The van der Waals surface area contributed by atoms with Crippen molar-refractivity contribution in [2.45, 2.75) is 57.2 Å². The fourth-order valence-electron chi connectivity index (χ4n) is 3.81. The molecule has 0 aromatic carbocycles. The Hall–Kier alpha value is -1.98. The Kier molecular flexibility index (Phi) is 5.35. The summed E-state index contributed by atoms with van der Waals surface area (Å²) in [5.74, 6) is 1.15. The molecule has 0 spiro atoms. The molecule has 1 saturated heterocycles. The number of carbonyl (C=O) groups excluding carboxylic acids is 1. The zero-order valence-electron chi connectivity index (χ0n) is 15.0. The van der Waals surface area contributed by atoms with E-state index in [0.717, 1.165) is 45.2 Å². The van der Waals surface area contributed by atoms with Crippen molar-refractivity contribution in [3.8, 4) is 6.07 Å². The van der Waals surface area contributed by atoms with Crippen LogP contribution < -0.4 is 5.32 Å². The van der Waals surface area contributed by atoms with Crippen molar-refractivity contribution >= 4 is 5.91 Å². The number of rotatable bonds is 6. The zero-order valence-corrected chi connectivity index (χ0v) is 15.0. The molecule has 1 amide bonds. The molecule has 1 aliphatic heterocycles. The standard InChI is InChI=1S/C17H26N6O2/c1-13-20-21-16(25-13)11-22(2)14-5-8-23(9-14)10-15(24)19-17(12-18)6-3-4-7-17/h14H,3-11H2,1-2H3,(H,19,24). The van der Waals surface area contributed by atoms with Crippen molar-refractivity contribution in [1.82, 2.24) is 25.3 Å². The van der Waals surface area contributed by atoms with Crippen LogP contribution in [0.2, 0.25) is 0 Å². The van der Waals surface area contributed by atoms with E-state index in [1.165, 1.54) is 0 Å². The van der Waals surface area contributed by atoms with Gasteiger partial charge in [0.2, 0.25) is 17.7 Å². The maximum atomic E-state index is 12.3. The van der Waals surface area contributed by atoms with E-state index in [0.29, 0.717) is 30.9 Å². The van der Waals surface area contributed by atoms with Crippen molar-refractivity contribution in [3.63, 3.8) is 0 Å². The molecule has 0 bridgehead atoms. The summed E-state index contributed by atoms with van der Waals surface area (Å²) in [5, 5.41) is 20.2. The van der Waals surface area contributed by atoms with Gasteiger partial charge in [-0.05, 0) is 39.2 Å². The lowest BCUT2D eigenvalue weighted by atomic mass is 10.00. The topological polar surface area (TPSA) is 98.3 Å². The first kappa shape index (κ1) is 17.8. The van der Waals surface area contributed by atoms with Crippen LogP contribution in [-0.4, -0.2) is 64.2 Å². The predicted octanol–water partition coefficient (Wildman–Crippen LogP) is 0.837. The molecule has 3 rings (SSSR count). The van der Waals surface area contributed by atoms with Gasteiger partial charge in [0, 0.05) is 26.1 Å². The van der Waals surface area contributed by atoms with Crippen LogP contribution in [0.15, 0.2) is 4.42 Å². The fraction of sp³-hybridized carbons (Fsp3) is 0.765. The number of aryl methyl sites for hydroxylation is 1. The number of carbonyl (C=O) groups is 1. The number of nitriles is 1. The van der Waals surface area contributed by atoms with Crippen molar-refractivity contribution in [3.05, 3.63) is 11.8 Å². The minimum atomic E-state index is -0.636. The van der Waals surface area contributed by atoms with E-state index in [-0.39, 0.29) is 5.91 Å². The number of hydrogen-bond acceptors (Lipinski definition) is 7. The van der Waals surface area contributed by atoms with Crippen LogP contribution in [0.25, 0.3) is 0 Å². The summed E-state index contributed by atoms with van der Waals surface area (Å²) in [6.45, 7) is 4.46. The van der Waals surface area contributed by atoms with E-state index in [1.54, 1.807) is 6.92 Å². The molecule has 8 heteroatoms. The minimum Gasteiger partial charge on any atom is -0.424 e. The third kappa shape index (κ3) is 4.35. The molecule has 8 nitrogen and oxygen atoms in total. The van der Waals surface area contributed by atoms with Crippen molar-refractivity contribution in [2.75, 3.05) is 26.7 Å². The highest BCUT2D eigenvalue weighted by Crippen LogP contribution is 2.28. The van der Waals surface area contributed by atoms with Gasteiger partial charge in [-0.1, -0.05) is 0 Å². The molecule has 0 radical (unpaired) electrons. The number of likely N-dealkylation sites (tertiary alicyclic amines) is 1. The first-order valence-electron chi connectivity index (χ1n) is 8.93. The Morgan fingerprint density at radius 3 is 2.88 bits per heavy atom. The van der Waals surface area contributed by atoms with Crippen molar-refractivity contribution in [2.24, 2.45) is 0 Å². The third-order valence-electron chi connectivity index (χ3n) is 5.24. The molecule has 1 aromatic rings. The molecule has 136 valence electrons. The lowest BCUT2D eigenvalue weighted by Gasteiger charge is -2.25. The average molecular weight is 346 g/mol. The van der Waals surface area contributed by atoms with Crippen LogP contribution in [0.4, 0.5) is 0 Å². The van der Waals surface area contributed by atoms with Gasteiger partial charge in [-0.15, -0.1) is 10.2 Å². The lowest BCUT2D eigenvalue weighted by molar-refractivity contribution is -0.123. The maximum absolute atomic E-state index is 12.3. The summed E-state index contributed by atoms with van der Waals surface area (Å²) >= 11 is 0. The second kappa shape index (κ2) is 7.50. The molecule has 1 aliphatic carbocycles. The molecular formula is C17H26N6O2. The van der Waals surface area contributed by atoms with Crippen LogP contribution >= 0.6 is 0 Å². The smallest absolute Gasteiger partial charge is 0.235 e. The Labute approximate surface area is 148 Å². The SMILES string of the molecule is Cc1nnc(CN(C)C2CCN(CC(=O)NC3(C#N)CCCC3)C2)o1. The van der Waals surface area contributed by atoms with E-state index < -0.39 is 5.54 Å². The molecule has 2 aliphatic rings. The van der Waals surface area contributed by atoms with Crippen LogP contribution in [0.5, 0.6) is 0 Å². The predicted molar refractivity (Wildman–Crippen MR) is 90.3 cm³/mol. The summed E-state index contributed by atoms with van der Waals surface area (Å²) in [4.78, 5) is 16.7. The number of hydrogen-bond donors (Lipinski definition) is 1. The van der Waals surface area contributed by atoms with Crippen molar-refractivity contribution < 1.29 is 9.21 Å². The van der Waals surface area contributed by atoms with Crippen molar-refractivity contribution in [1.29, 1.82) is 5.26 Å². The van der Waals surface area contributed by atoms with Crippen LogP contribution in [-0.2, 0) is 11.3 Å². The monoisotopic (exact) mass is 346 g/mol. The van der Waals surface area contributed by atoms with E-state index in [1.807, 2.05) is 7.05 Å². The number of aromatic nitrogens is 2. The van der Waals surface area contributed by atoms with Gasteiger partial charge < -0.3 is 9.73 Å². The van der Waals surface area contributed by atoms with E-state index in [9.17, 15) is 10.1 Å². The van der Waals surface area contributed by atoms with Gasteiger partial charge in [0.25, 0.3) is 0 Å². The minimum absolute atomic E-state index is 0.0423. The maximum Gasteiger partial charge on any atom is 0.235 e. The highest BCUT2D eigenvalue weighted by atomic mass is 16.4. The molecule has 2 fully saturated rings. The van der Waals surface area contributed by atoms with Gasteiger partial charge in [-0.3, -0.25) is 14.6 Å². The molecule has 1 N–H and O–H groups in total. The summed E-state index contributed by atoms with van der Waals surface area (Å²) < 4.78 is 5.43. The summed E-state index contributed by atoms with van der Waals surface area (Å²) in [5.41, 5.74) is -0.636. The quantitative estimate of drug-likeness (QED) is 0.815. The normalized spacial score (nSPS) is 23.0. The molecule has 1 saturated carbocycles. The largest absolute Gasteiger partial charge is 0.424 e. The number of nitrogens with one attached hydrogen (secondary N) is 1. The Bertz CT molecular complexity index is 646. The first-order chi connectivity index (χ1) is 12.0. The van der Waals surface area contributed by atoms with Gasteiger partial charge in [0.05, 0.1) is 19.2 Å². The van der Waals surface area contributed by atoms with Gasteiger partial charge in [0.15, 0.2) is 0 Å². The summed E-state index contributed by atoms with van der Waals surface area (Å²) in [6.07, 6.45) is 4.56. The average Bonchev–Trinajstić information content (AvgIpc) is 3.30. The number of likely N-dealkylation sites (N-methyl/N-ethyl adjacent to an activating group) is 1. The molecule has 1 atom stereocenters. The Balaban J connectivity index is 1.46. The van der Waals surface area contributed by atoms with Gasteiger partial charge in [-0.25, -0.2) is 0 Å². The van der Waals surface area contributed by atoms with E-state index >= 15 is 0 Å². The van der Waals surface area contributed by atoms with E-state index in [2.05, 4.69) is 31.4 Å². The molecule has 1 aromatic heterocycles. The number of amides is 1. The van der Waals surface area contributed by atoms with Crippen LogP contribution in [0.1, 0.15) is 43.9 Å². The fourth-order valence-corrected chi connectivity index (χ4v) is 3.81. The molecule has 2 heterocycles. The third-order valence-corrected chi connectivity index (χ3v) is 5.24. The summed E-state index contributed by atoms with van der Waals surface area (Å²) in [6, 6.07) is 2.67. The first-order valence-corrected chi connectivity index (χ1v) is 8.93. The summed E-state index contributed by atoms with van der Waals surface area (Å²) in [7, 11) is 2.04. The highest BCUT2D eigenvalue weighted by molar-refractivity contribution is 5.79. The molecule has 25 heavy (non-hydrogen) atoms. The Morgan fingerprint density at radius 1 is 1.48 bits per heavy atom. The van der Waals surface area contributed by atoms with Gasteiger partial charge in [0.1, 0.15) is 5.54 Å². The molecular weight excluding hydrogens is 320 g/mol. The highest BCUT2D eigenvalue weighted by Gasteiger charge is 2.36. The second-order valence-corrected chi connectivity index (χ2v) is 7.26. The van der Waals surface area contributed by atoms with Crippen LogP contribution in [0.3, 0.4) is 0 Å². The van der Waals surface area contributed by atoms with E-state index in [4.69, 9.17) is 4.42 Å². The van der Waals surface area contributed by atoms with Crippen LogP contribution in [0, 0.1) is 18.3 Å². The second-order valence-electron chi connectivity index (χ2n) is 7.26.